The van der Waals surface area contributed by atoms with E-state index in [2.05, 4.69) is 17.4 Å². The lowest BCUT2D eigenvalue weighted by molar-refractivity contribution is 0.0651. The average Bonchev–Trinajstić information content (AvgIpc) is 3.58. The van der Waals surface area contributed by atoms with Gasteiger partial charge in [-0.15, -0.1) is 11.3 Å². The zero-order valence-electron chi connectivity index (χ0n) is 19.5. The number of ether oxygens (including phenoxy) is 1. The summed E-state index contributed by atoms with van der Waals surface area (Å²) in [4.78, 5) is 20.1. The van der Waals surface area contributed by atoms with Gasteiger partial charge in [0.05, 0.1) is 35.7 Å². The van der Waals surface area contributed by atoms with Crippen LogP contribution in [0.4, 0.5) is 5.69 Å². The Hall–Kier alpha value is -3.75. The monoisotopic (exact) mass is 513 g/mol. The summed E-state index contributed by atoms with van der Waals surface area (Å²) in [5.74, 6) is 2.21. The van der Waals surface area contributed by atoms with E-state index in [9.17, 15) is 4.79 Å². The van der Waals surface area contributed by atoms with E-state index in [0.717, 1.165) is 38.2 Å². The fourth-order valence-corrected chi connectivity index (χ4v) is 6.47. The van der Waals surface area contributed by atoms with Crippen LogP contribution in [0.5, 0.6) is 5.75 Å². The molecule has 0 spiro atoms. The Morgan fingerprint density at radius 2 is 1.94 bits per heavy atom. The summed E-state index contributed by atoms with van der Waals surface area (Å²) in [6, 6.07) is 25.6. The van der Waals surface area contributed by atoms with Crippen LogP contribution in [0.2, 0.25) is 0 Å². The quantitative estimate of drug-likeness (QED) is 0.237. The van der Waals surface area contributed by atoms with Gasteiger partial charge in [0, 0.05) is 17.0 Å². The van der Waals surface area contributed by atoms with Crippen LogP contribution >= 0.6 is 23.1 Å². The molecule has 5 aromatic rings. The standard InChI is InChI=1S/C28H23N3O3S2/c1-33-24-13-12-18(15-19(24)17-35-28-30-23-10-4-5-11-25(23)36-28)26-29-22-9-3-2-8-21(22)27(32)31(26)16-20-7-6-14-34-20/h2-15,26,29H,16-17H2,1H3. The SMILES string of the molecule is COc1ccc(C2Nc3ccccc3C(=O)N2Cc2ccco2)cc1CSc1nc2ccccc2s1. The van der Waals surface area contributed by atoms with Crippen molar-refractivity contribution in [2.24, 2.45) is 0 Å². The summed E-state index contributed by atoms with van der Waals surface area (Å²) in [6.45, 7) is 0.361. The largest absolute Gasteiger partial charge is 0.496 e. The molecule has 1 N–H and O–H groups in total. The van der Waals surface area contributed by atoms with Gasteiger partial charge in [0.25, 0.3) is 5.91 Å². The van der Waals surface area contributed by atoms with Crippen molar-refractivity contribution in [3.05, 3.63) is 108 Å². The average molecular weight is 514 g/mol. The Bertz CT molecular complexity index is 1500. The molecule has 0 radical (unpaired) electrons. The Kier molecular flexibility index (Phi) is 6.13. The van der Waals surface area contributed by atoms with Gasteiger partial charge in [0.2, 0.25) is 0 Å². The minimum absolute atomic E-state index is 0.0352. The van der Waals surface area contributed by atoms with Gasteiger partial charge in [-0.2, -0.15) is 0 Å². The maximum Gasteiger partial charge on any atom is 0.258 e. The molecule has 0 saturated heterocycles. The highest BCUT2D eigenvalue weighted by Gasteiger charge is 2.33. The van der Waals surface area contributed by atoms with Crippen LogP contribution < -0.4 is 10.1 Å². The molecule has 0 aliphatic carbocycles. The lowest BCUT2D eigenvalue weighted by atomic mass is 10.0. The number of rotatable bonds is 7. The Labute approximate surface area is 216 Å². The van der Waals surface area contributed by atoms with Crippen molar-refractivity contribution < 1.29 is 13.9 Å². The van der Waals surface area contributed by atoms with E-state index in [1.54, 1.807) is 36.5 Å². The number of nitrogens with zero attached hydrogens (tertiary/aromatic N) is 2. The number of anilines is 1. The van der Waals surface area contributed by atoms with Crippen molar-refractivity contribution in [3.63, 3.8) is 0 Å². The van der Waals surface area contributed by atoms with Crippen LogP contribution in [-0.4, -0.2) is 22.9 Å². The second-order valence-electron chi connectivity index (χ2n) is 8.41. The van der Waals surface area contributed by atoms with E-state index < -0.39 is 0 Å². The molecule has 6 rings (SSSR count). The highest BCUT2D eigenvalue weighted by molar-refractivity contribution is 8.00. The molecular weight excluding hydrogens is 490 g/mol. The molecule has 3 aromatic carbocycles. The molecule has 6 nitrogen and oxygen atoms in total. The van der Waals surface area contributed by atoms with E-state index >= 15 is 0 Å². The molecule has 0 saturated carbocycles. The summed E-state index contributed by atoms with van der Waals surface area (Å²) in [6.07, 6.45) is 1.28. The molecule has 1 aliphatic heterocycles. The topological polar surface area (TPSA) is 67.6 Å². The number of fused-ring (bicyclic) bond motifs is 2. The number of thiazole rings is 1. The lowest BCUT2D eigenvalue weighted by Crippen LogP contribution is -2.42. The summed E-state index contributed by atoms with van der Waals surface area (Å²) >= 11 is 3.38. The molecule has 2 aromatic heterocycles. The number of carbonyl (C=O) groups is 1. The van der Waals surface area contributed by atoms with Gasteiger partial charge in [0.15, 0.2) is 4.34 Å². The van der Waals surface area contributed by atoms with Crippen LogP contribution in [0, 0.1) is 0 Å². The fourth-order valence-electron chi connectivity index (χ4n) is 4.42. The molecular formula is C28H23N3O3S2. The third kappa shape index (κ3) is 4.34. The second-order valence-corrected chi connectivity index (χ2v) is 10.7. The first-order valence-electron chi connectivity index (χ1n) is 11.5. The highest BCUT2D eigenvalue weighted by Crippen LogP contribution is 2.38. The third-order valence-corrected chi connectivity index (χ3v) is 8.40. The Balaban J connectivity index is 1.32. The minimum atomic E-state index is -0.352. The Morgan fingerprint density at radius 3 is 2.78 bits per heavy atom. The zero-order chi connectivity index (χ0) is 24.5. The van der Waals surface area contributed by atoms with E-state index in [4.69, 9.17) is 14.1 Å². The van der Waals surface area contributed by atoms with E-state index in [-0.39, 0.29) is 12.1 Å². The first kappa shape index (κ1) is 22.7. The van der Waals surface area contributed by atoms with Gasteiger partial charge < -0.3 is 19.4 Å². The first-order chi connectivity index (χ1) is 17.7. The van der Waals surface area contributed by atoms with Crippen LogP contribution in [0.1, 0.15) is 33.4 Å². The summed E-state index contributed by atoms with van der Waals surface area (Å²) in [7, 11) is 1.68. The van der Waals surface area contributed by atoms with Gasteiger partial charge in [-0.25, -0.2) is 4.98 Å². The van der Waals surface area contributed by atoms with Crippen LogP contribution in [-0.2, 0) is 12.3 Å². The number of hydrogen-bond donors (Lipinski definition) is 1. The number of para-hydroxylation sites is 2. The van der Waals surface area contributed by atoms with E-state index in [1.807, 2.05) is 71.6 Å². The predicted molar refractivity (Wildman–Crippen MR) is 144 cm³/mol. The van der Waals surface area contributed by atoms with Gasteiger partial charge >= 0.3 is 0 Å². The smallest absolute Gasteiger partial charge is 0.258 e. The van der Waals surface area contributed by atoms with Crippen molar-refractivity contribution in [3.8, 4) is 5.75 Å². The second kappa shape index (κ2) is 9.72. The van der Waals surface area contributed by atoms with Crippen LogP contribution in [0.3, 0.4) is 0 Å². The van der Waals surface area contributed by atoms with Crippen molar-refractivity contribution in [2.45, 2.75) is 22.8 Å². The van der Waals surface area contributed by atoms with Crippen molar-refractivity contribution in [1.82, 2.24) is 9.88 Å². The first-order valence-corrected chi connectivity index (χ1v) is 13.3. The summed E-state index contributed by atoms with van der Waals surface area (Å²) in [5.41, 5.74) is 4.52. The normalized spacial score (nSPS) is 15.1. The van der Waals surface area contributed by atoms with E-state index in [1.165, 1.54) is 4.70 Å². The predicted octanol–water partition coefficient (Wildman–Crippen LogP) is 6.96. The number of thioether (sulfide) groups is 1. The molecule has 1 unspecified atom stereocenters. The van der Waals surface area contributed by atoms with Crippen molar-refractivity contribution in [1.29, 1.82) is 0 Å². The maximum absolute atomic E-state index is 13.5. The molecule has 8 heteroatoms. The number of hydrogen-bond acceptors (Lipinski definition) is 7. The van der Waals surface area contributed by atoms with E-state index in [0.29, 0.717) is 17.9 Å². The number of methoxy groups -OCH3 is 1. The number of carbonyl (C=O) groups excluding carboxylic acids is 1. The molecule has 36 heavy (non-hydrogen) atoms. The van der Waals surface area contributed by atoms with Gasteiger partial charge in [-0.05, 0) is 54.1 Å². The zero-order valence-corrected chi connectivity index (χ0v) is 21.1. The minimum Gasteiger partial charge on any atom is -0.496 e. The molecule has 1 atom stereocenters. The number of benzene rings is 3. The molecule has 0 bridgehead atoms. The number of amides is 1. The molecule has 0 fully saturated rings. The Morgan fingerprint density at radius 1 is 1.08 bits per heavy atom. The number of nitrogens with one attached hydrogen (secondary N) is 1. The van der Waals surface area contributed by atoms with Crippen LogP contribution in [0.25, 0.3) is 10.2 Å². The van der Waals surface area contributed by atoms with Gasteiger partial charge in [-0.1, -0.05) is 42.1 Å². The third-order valence-electron chi connectivity index (χ3n) is 6.17. The summed E-state index contributed by atoms with van der Waals surface area (Å²) in [5, 5.41) is 3.57. The van der Waals surface area contributed by atoms with Crippen LogP contribution in [0.15, 0.2) is 93.9 Å². The molecule has 1 aliphatic rings. The van der Waals surface area contributed by atoms with Crippen molar-refractivity contribution in [2.75, 3.05) is 12.4 Å². The number of aromatic nitrogens is 1. The molecule has 180 valence electrons. The summed E-state index contributed by atoms with van der Waals surface area (Å²) < 4.78 is 13.5. The lowest BCUT2D eigenvalue weighted by Gasteiger charge is -2.38. The number of furan rings is 1. The maximum atomic E-state index is 13.5. The van der Waals surface area contributed by atoms with Gasteiger partial charge in [-0.3, -0.25) is 4.79 Å². The molecule has 3 heterocycles. The molecule has 1 amide bonds. The van der Waals surface area contributed by atoms with Gasteiger partial charge in [0.1, 0.15) is 17.7 Å². The van der Waals surface area contributed by atoms with Crippen molar-refractivity contribution >= 4 is 44.9 Å². The fraction of sp³-hybridized carbons (Fsp3) is 0.143. The highest BCUT2D eigenvalue weighted by atomic mass is 32.2.